The van der Waals surface area contributed by atoms with Gasteiger partial charge in [-0.25, -0.2) is 4.79 Å². The number of nitrogens with one attached hydrogen (secondary N) is 1. The number of aryl methyl sites for hydroxylation is 1. The van der Waals surface area contributed by atoms with E-state index < -0.39 is 11.7 Å². The van der Waals surface area contributed by atoms with Gasteiger partial charge in [0, 0.05) is 24.1 Å². The Morgan fingerprint density at radius 3 is 2.86 bits per heavy atom. The number of amides is 1. The molecule has 22 heavy (non-hydrogen) atoms. The van der Waals surface area contributed by atoms with E-state index in [1.54, 1.807) is 19.1 Å². The lowest BCUT2D eigenvalue weighted by Gasteiger charge is -2.15. The highest BCUT2D eigenvalue weighted by atomic mass is 16.5. The third kappa shape index (κ3) is 3.87. The Kier molecular flexibility index (Phi) is 5.20. The van der Waals surface area contributed by atoms with E-state index in [-0.39, 0.29) is 5.91 Å². The Morgan fingerprint density at radius 2 is 2.14 bits per heavy atom. The van der Waals surface area contributed by atoms with E-state index in [0.29, 0.717) is 17.9 Å². The first kappa shape index (κ1) is 16.1. The quantitative estimate of drug-likeness (QED) is 0.658. The molecule has 0 spiro atoms. The smallest absolute Gasteiger partial charge is 0.336 e. The van der Waals surface area contributed by atoms with Gasteiger partial charge in [0.2, 0.25) is 0 Å². The maximum absolute atomic E-state index is 11.9. The van der Waals surface area contributed by atoms with Crippen molar-refractivity contribution in [3.05, 3.63) is 40.2 Å². The van der Waals surface area contributed by atoms with Crippen LogP contribution in [0.2, 0.25) is 0 Å². The molecule has 0 saturated heterocycles. The average Bonchev–Trinajstić information content (AvgIpc) is 2.46. The van der Waals surface area contributed by atoms with Gasteiger partial charge in [-0.15, -0.1) is 0 Å². The number of benzene rings is 1. The molecule has 1 heterocycles. The Hall–Kier alpha value is -2.30. The molecule has 1 N–H and O–H groups in total. The fraction of sp³-hybridized carbons (Fsp3) is 0.412. The summed E-state index contributed by atoms with van der Waals surface area (Å²) in [6, 6.07) is 6.68. The van der Waals surface area contributed by atoms with Crippen LogP contribution in [0.15, 0.2) is 33.5 Å². The van der Waals surface area contributed by atoms with Gasteiger partial charge in [-0.2, -0.15) is 0 Å². The summed E-state index contributed by atoms with van der Waals surface area (Å²) >= 11 is 0. The van der Waals surface area contributed by atoms with Crippen molar-refractivity contribution in [2.75, 3.05) is 6.54 Å². The number of unbranched alkanes of at least 4 members (excludes halogenated alkanes) is 1. The summed E-state index contributed by atoms with van der Waals surface area (Å²) in [7, 11) is 0. The Morgan fingerprint density at radius 1 is 1.36 bits per heavy atom. The second-order valence-corrected chi connectivity index (χ2v) is 5.31. The number of hydrogen-bond acceptors (Lipinski definition) is 4. The van der Waals surface area contributed by atoms with Crippen LogP contribution in [0.5, 0.6) is 5.75 Å². The Balaban J connectivity index is 2.11. The van der Waals surface area contributed by atoms with E-state index >= 15 is 0 Å². The molecule has 5 heteroatoms. The minimum absolute atomic E-state index is 0.153. The summed E-state index contributed by atoms with van der Waals surface area (Å²) < 4.78 is 10.8. The number of carbonyl (C=O) groups is 1. The molecule has 1 unspecified atom stereocenters. The number of carbonyl (C=O) groups excluding carboxylic acids is 1. The first-order valence-electron chi connectivity index (χ1n) is 7.50. The van der Waals surface area contributed by atoms with Crippen molar-refractivity contribution in [1.29, 1.82) is 0 Å². The summed E-state index contributed by atoms with van der Waals surface area (Å²) in [5, 5.41) is 3.68. The zero-order valence-electron chi connectivity index (χ0n) is 13.1. The molecule has 0 aliphatic heterocycles. The van der Waals surface area contributed by atoms with E-state index in [4.69, 9.17) is 9.15 Å². The van der Waals surface area contributed by atoms with Gasteiger partial charge >= 0.3 is 5.63 Å². The van der Waals surface area contributed by atoms with Crippen molar-refractivity contribution in [3.63, 3.8) is 0 Å². The normalized spacial score (nSPS) is 12.1. The van der Waals surface area contributed by atoms with Crippen LogP contribution in [-0.4, -0.2) is 18.6 Å². The molecular weight excluding hydrogens is 282 g/mol. The molecule has 0 saturated carbocycles. The van der Waals surface area contributed by atoms with Crippen LogP contribution in [0.25, 0.3) is 11.0 Å². The molecule has 1 aromatic carbocycles. The largest absolute Gasteiger partial charge is 0.481 e. The van der Waals surface area contributed by atoms with Crippen molar-refractivity contribution >= 4 is 16.9 Å². The zero-order valence-corrected chi connectivity index (χ0v) is 13.1. The molecule has 118 valence electrons. The van der Waals surface area contributed by atoms with Gasteiger partial charge in [0.25, 0.3) is 5.91 Å². The van der Waals surface area contributed by atoms with Crippen LogP contribution in [0.1, 0.15) is 32.3 Å². The zero-order chi connectivity index (χ0) is 16.1. The minimum atomic E-state index is -0.606. The third-order valence-corrected chi connectivity index (χ3v) is 3.43. The van der Waals surface area contributed by atoms with E-state index in [9.17, 15) is 9.59 Å². The molecule has 0 aliphatic rings. The maximum atomic E-state index is 11.9. The van der Waals surface area contributed by atoms with Crippen molar-refractivity contribution in [2.24, 2.45) is 0 Å². The van der Waals surface area contributed by atoms with Crippen LogP contribution in [0.4, 0.5) is 0 Å². The van der Waals surface area contributed by atoms with Crippen LogP contribution in [0, 0.1) is 6.92 Å². The first-order valence-corrected chi connectivity index (χ1v) is 7.50. The molecule has 1 amide bonds. The fourth-order valence-electron chi connectivity index (χ4n) is 2.17. The van der Waals surface area contributed by atoms with Gasteiger partial charge in [-0.3, -0.25) is 4.79 Å². The number of hydrogen-bond donors (Lipinski definition) is 1. The second-order valence-electron chi connectivity index (χ2n) is 5.31. The summed E-state index contributed by atoms with van der Waals surface area (Å²) in [6.07, 6.45) is 1.36. The molecule has 0 fully saturated rings. The summed E-state index contributed by atoms with van der Waals surface area (Å²) in [6.45, 7) is 6.26. The number of fused-ring (bicyclic) bond motifs is 1. The van der Waals surface area contributed by atoms with E-state index in [1.807, 2.05) is 13.0 Å². The van der Waals surface area contributed by atoms with Gasteiger partial charge in [0.05, 0.1) is 0 Å². The standard InChI is InChI=1S/C17H21NO4/c1-4-5-8-18-17(20)12(3)21-13-6-7-14-11(2)9-16(19)22-15(14)10-13/h6-7,9-10,12H,4-5,8H2,1-3H3,(H,18,20). The first-order chi connectivity index (χ1) is 10.5. The van der Waals surface area contributed by atoms with Gasteiger partial charge in [-0.1, -0.05) is 13.3 Å². The van der Waals surface area contributed by atoms with Crippen molar-refractivity contribution in [1.82, 2.24) is 5.32 Å². The van der Waals surface area contributed by atoms with Crippen molar-refractivity contribution in [3.8, 4) is 5.75 Å². The van der Waals surface area contributed by atoms with E-state index in [0.717, 1.165) is 23.8 Å². The van der Waals surface area contributed by atoms with E-state index in [1.165, 1.54) is 6.07 Å². The Bertz CT molecular complexity index is 720. The number of ether oxygens (including phenoxy) is 1. The molecule has 1 aromatic heterocycles. The molecular formula is C17H21NO4. The van der Waals surface area contributed by atoms with Crippen LogP contribution >= 0.6 is 0 Å². The lowest BCUT2D eigenvalue weighted by molar-refractivity contribution is -0.127. The van der Waals surface area contributed by atoms with Gasteiger partial charge in [0.1, 0.15) is 11.3 Å². The predicted octanol–water partition coefficient (Wildman–Crippen LogP) is 2.79. The molecule has 2 rings (SSSR count). The highest BCUT2D eigenvalue weighted by Crippen LogP contribution is 2.22. The monoisotopic (exact) mass is 303 g/mol. The predicted molar refractivity (Wildman–Crippen MR) is 85.2 cm³/mol. The van der Waals surface area contributed by atoms with Gasteiger partial charge in [-0.05, 0) is 38.0 Å². The highest BCUT2D eigenvalue weighted by molar-refractivity contribution is 5.82. The summed E-state index contributed by atoms with van der Waals surface area (Å²) in [5.74, 6) is 0.346. The van der Waals surface area contributed by atoms with Crippen LogP contribution in [0.3, 0.4) is 0 Å². The highest BCUT2D eigenvalue weighted by Gasteiger charge is 2.14. The summed E-state index contributed by atoms with van der Waals surface area (Å²) in [4.78, 5) is 23.3. The third-order valence-electron chi connectivity index (χ3n) is 3.43. The molecule has 0 aliphatic carbocycles. The van der Waals surface area contributed by atoms with Gasteiger partial charge < -0.3 is 14.5 Å². The second kappa shape index (κ2) is 7.11. The molecule has 2 aromatic rings. The topological polar surface area (TPSA) is 68.5 Å². The lowest BCUT2D eigenvalue weighted by Crippen LogP contribution is -2.36. The van der Waals surface area contributed by atoms with Crippen LogP contribution < -0.4 is 15.7 Å². The SMILES string of the molecule is CCCCNC(=O)C(C)Oc1ccc2c(C)cc(=O)oc2c1. The Labute approximate surface area is 129 Å². The molecule has 1 atom stereocenters. The molecule has 5 nitrogen and oxygen atoms in total. The molecule has 0 bridgehead atoms. The molecule has 0 radical (unpaired) electrons. The minimum Gasteiger partial charge on any atom is -0.481 e. The maximum Gasteiger partial charge on any atom is 0.336 e. The van der Waals surface area contributed by atoms with E-state index in [2.05, 4.69) is 12.2 Å². The lowest BCUT2D eigenvalue weighted by atomic mass is 10.1. The number of rotatable bonds is 6. The van der Waals surface area contributed by atoms with Gasteiger partial charge in [0.15, 0.2) is 6.10 Å². The fourth-order valence-corrected chi connectivity index (χ4v) is 2.17. The van der Waals surface area contributed by atoms with Crippen molar-refractivity contribution < 1.29 is 13.9 Å². The van der Waals surface area contributed by atoms with Crippen molar-refractivity contribution in [2.45, 2.75) is 39.7 Å². The van der Waals surface area contributed by atoms with Crippen LogP contribution in [-0.2, 0) is 4.79 Å². The average molecular weight is 303 g/mol. The summed E-state index contributed by atoms with van der Waals surface area (Å²) in [5.41, 5.74) is 0.914.